The SMILES string of the molecule is COc1cc(COCCC2CCCNC2)ccc1C#N. The molecule has 1 unspecified atom stereocenters. The Morgan fingerprint density at radius 2 is 2.35 bits per heavy atom. The Bertz CT molecular complexity index is 462. The monoisotopic (exact) mass is 274 g/mol. The molecule has 20 heavy (non-hydrogen) atoms. The molecule has 1 aliphatic rings. The number of nitrogens with zero attached hydrogens (tertiary/aromatic N) is 1. The summed E-state index contributed by atoms with van der Waals surface area (Å²) >= 11 is 0. The molecule has 0 aliphatic carbocycles. The molecule has 2 rings (SSSR count). The van der Waals surface area contributed by atoms with Crippen LogP contribution in [0.4, 0.5) is 0 Å². The van der Waals surface area contributed by atoms with Gasteiger partial charge in [0.25, 0.3) is 0 Å². The second-order valence-electron chi connectivity index (χ2n) is 5.20. The van der Waals surface area contributed by atoms with E-state index in [1.165, 1.54) is 12.8 Å². The average molecular weight is 274 g/mol. The molecule has 0 aromatic heterocycles. The molecule has 1 heterocycles. The zero-order chi connectivity index (χ0) is 14.2. The maximum atomic E-state index is 8.93. The standard InChI is InChI=1S/C16H22N2O2/c1-19-16-9-14(4-5-15(16)10-17)12-20-8-6-13-3-2-7-18-11-13/h4-5,9,13,18H,2-3,6-8,11-12H2,1H3. The summed E-state index contributed by atoms with van der Waals surface area (Å²) < 4.78 is 10.9. The quantitative estimate of drug-likeness (QED) is 0.810. The molecule has 4 heteroatoms. The fourth-order valence-electron chi connectivity index (χ4n) is 2.53. The van der Waals surface area contributed by atoms with Crippen molar-refractivity contribution in [3.8, 4) is 11.8 Å². The van der Waals surface area contributed by atoms with Gasteiger partial charge in [-0.2, -0.15) is 5.26 Å². The lowest BCUT2D eigenvalue weighted by atomic mass is 9.97. The number of nitriles is 1. The minimum absolute atomic E-state index is 0.560. The van der Waals surface area contributed by atoms with Gasteiger partial charge in [-0.1, -0.05) is 6.07 Å². The van der Waals surface area contributed by atoms with Crippen molar-refractivity contribution in [1.29, 1.82) is 5.26 Å². The normalized spacial score (nSPS) is 18.5. The Kier molecular flexibility index (Phi) is 5.85. The molecule has 1 aliphatic heterocycles. The first-order valence-electron chi connectivity index (χ1n) is 7.19. The van der Waals surface area contributed by atoms with E-state index in [-0.39, 0.29) is 0 Å². The van der Waals surface area contributed by atoms with Crippen LogP contribution < -0.4 is 10.1 Å². The van der Waals surface area contributed by atoms with E-state index < -0.39 is 0 Å². The molecule has 0 spiro atoms. The van der Waals surface area contributed by atoms with E-state index in [0.717, 1.165) is 37.6 Å². The molecule has 0 saturated carbocycles. The van der Waals surface area contributed by atoms with Crippen LogP contribution in [0.2, 0.25) is 0 Å². The number of hydrogen-bond donors (Lipinski definition) is 1. The van der Waals surface area contributed by atoms with Gasteiger partial charge in [-0.25, -0.2) is 0 Å². The molecule has 1 atom stereocenters. The first kappa shape index (κ1) is 14.8. The molecule has 1 aromatic rings. The van der Waals surface area contributed by atoms with Crippen molar-refractivity contribution in [2.75, 3.05) is 26.8 Å². The van der Waals surface area contributed by atoms with Crippen molar-refractivity contribution < 1.29 is 9.47 Å². The fraction of sp³-hybridized carbons (Fsp3) is 0.562. The molecule has 1 fully saturated rings. The van der Waals surface area contributed by atoms with E-state index >= 15 is 0 Å². The topological polar surface area (TPSA) is 54.3 Å². The average Bonchev–Trinajstić information content (AvgIpc) is 2.52. The van der Waals surface area contributed by atoms with E-state index in [0.29, 0.717) is 17.9 Å². The predicted octanol–water partition coefficient (Wildman–Crippen LogP) is 2.47. The van der Waals surface area contributed by atoms with Crippen molar-refractivity contribution in [2.45, 2.75) is 25.9 Å². The van der Waals surface area contributed by atoms with Crippen LogP contribution in [0.25, 0.3) is 0 Å². The van der Waals surface area contributed by atoms with Gasteiger partial charge in [-0.3, -0.25) is 0 Å². The maximum Gasteiger partial charge on any atom is 0.136 e. The highest BCUT2D eigenvalue weighted by molar-refractivity contribution is 5.45. The maximum absolute atomic E-state index is 8.93. The van der Waals surface area contributed by atoms with Gasteiger partial charge in [-0.15, -0.1) is 0 Å². The summed E-state index contributed by atoms with van der Waals surface area (Å²) in [5, 5.41) is 12.4. The summed E-state index contributed by atoms with van der Waals surface area (Å²) in [5.74, 6) is 1.37. The summed E-state index contributed by atoms with van der Waals surface area (Å²) in [4.78, 5) is 0. The van der Waals surface area contributed by atoms with Crippen LogP contribution in [0.5, 0.6) is 5.75 Å². The molecule has 108 valence electrons. The third-order valence-corrected chi connectivity index (χ3v) is 3.72. The van der Waals surface area contributed by atoms with Crippen molar-refractivity contribution in [3.05, 3.63) is 29.3 Å². The van der Waals surface area contributed by atoms with Gasteiger partial charge < -0.3 is 14.8 Å². The van der Waals surface area contributed by atoms with Crippen molar-refractivity contribution >= 4 is 0 Å². The van der Waals surface area contributed by atoms with Crippen LogP contribution >= 0.6 is 0 Å². The largest absolute Gasteiger partial charge is 0.495 e. The van der Waals surface area contributed by atoms with Crippen LogP contribution in [-0.2, 0) is 11.3 Å². The summed E-state index contributed by atoms with van der Waals surface area (Å²) in [6, 6.07) is 7.69. The van der Waals surface area contributed by atoms with Crippen LogP contribution in [0, 0.1) is 17.2 Å². The van der Waals surface area contributed by atoms with Crippen LogP contribution in [0.15, 0.2) is 18.2 Å². The minimum Gasteiger partial charge on any atom is -0.495 e. The number of methoxy groups -OCH3 is 1. The van der Waals surface area contributed by atoms with Crippen molar-refractivity contribution in [2.24, 2.45) is 5.92 Å². The molecule has 1 N–H and O–H groups in total. The number of ether oxygens (including phenoxy) is 2. The predicted molar refractivity (Wildman–Crippen MR) is 77.6 cm³/mol. The third-order valence-electron chi connectivity index (χ3n) is 3.72. The van der Waals surface area contributed by atoms with E-state index in [1.807, 2.05) is 12.1 Å². The van der Waals surface area contributed by atoms with Gasteiger partial charge >= 0.3 is 0 Å². The number of rotatable bonds is 6. The van der Waals surface area contributed by atoms with Gasteiger partial charge in [0.05, 0.1) is 19.3 Å². The lowest BCUT2D eigenvalue weighted by molar-refractivity contribution is 0.103. The Labute approximate surface area is 120 Å². The molecule has 4 nitrogen and oxygen atoms in total. The molecule has 0 bridgehead atoms. The Balaban J connectivity index is 1.75. The molecule has 1 aromatic carbocycles. The minimum atomic E-state index is 0.560. The molecule has 0 amide bonds. The van der Waals surface area contributed by atoms with E-state index in [2.05, 4.69) is 11.4 Å². The first-order valence-corrected chi connectivity index (χ1v) is 7.19. The highest BCUT2D eigenvalue weighted by Crippen LogP contribution is 2.20. The zero-order valence-corrected chi connectivity index (χ0v) is 12.0. The van der Waals surface area contributed by atoms with Gasteiger partial charge in [-0.05, 0) is 56.0 Å². The Morgan fingerprint density at radius 3 is 3.05 bits per heavy atom. The summed E-state index contributed by atoms with van der Waals surface area (Å²) in [6.07, 6.45) is 3.69. The number of hydrogen-bond acceptors (Lipinski definition) is 4. The lowest BCUT2D eigenvalue weighted by Crippen LogP contribution is -2.30. The third kappa shape index (κ3) is 4.22. The van der Waals surface area contributed by atoms with Crippen LogP contribution in [0.3, 0.4) is 0 Å². The Hall–Kier alpha value is -1.57. The molecular formula is C16H22N2O2. The summed E-state index contributed by atoms with van der Waals surface area (Å²) in [5.41, 5.74) is 1.60. The van der Waals surface area contributed by atoms with Gasteiger partial charge in [0.2, 0.25) is 0 Å². The van der Waals surface area contributed by atoms with Crippen molar-refractivity contribution in [3.63, 3.8) is 0 Å². The van der Waals surface area contributed by atoms with E-state index in [9.17, 15) is 0 Å². The summed E-state index contributed by atoms with van der Waals surface area (Å²) in [6.45, 7) is 3.63. The van der Waals surface area contributed by atoms with Gasteiger partial charge in [0, 0.05) is 6.61 Å². The fourth-order valence-corrected chi connectivity index (χ4v) is 2.53. The number of benzene rings is 1. The first-order chi connectivity index (χ1) is 9.83. The Morgan fingerprint density at radius 1 is 1.45 bits per heavy atom. The molecular weight excluding hydrogens is 252 g/mol. The highest BCUT2D eigenvalue weighted by atomic mass is 16.5. The smallest absolute Gasteiger partial charge is 0.136 e. The number of piperidine rings is 1. The van der Waals surface area contributed by atoms with Crippen LogP contribution in [0.1, 0.15) is 30.4 Å². The molecule has 0 radical (unpaired) electrons. The second kappa shape index (κ2) is 7.88. The van der Waals surface area contributed by atoms with Crippen molar-refractivity contribution in [1.82, 2.24) is 5.32 Å². The zero-order valence-electron chi connectivity index (χ0n) is 12.0. The number of nitrogens with one attached hydrogen (secondary N) is 1. The van der Waals surface area contributed by atoms with E-state index in [4.69, 9.17) is 14.7 Å². The van der Waals surface area contributed by atoms with E-state index in [1.54, 1.807) is 13.2 Å². The van der Waals surface area contributed by atoms with Gasteiger partial charge in [0.1, 0.15) is 11.8 Å². The lowest BCUT2D eigenvalue weighted by Gasteiger charge is -2.22. The highest BCUT2D eigenvalue weighted by Gasteiger charge is 2.12. The molecule has 1 saturated heterocycles. The van der Waals surface area contributed by atoms with Crippen LogP contribution in [-0.4, -0.2) is 26.8 Å². The van der Waals surface area contributed by atoms with Gasteiger partial charge in [0.15, 0.2) is 0 Å². The second-order valence-corrected chi connectivity index (χ2v) is 5.20. The summed E-state index contributed by atoms with van der Waals surface area (Å²) in [7, 11) is 1.58.